The summed E-state index contributed by atoms with van der Waals surface area (Å²) in [6.45, 7) is 5.43. The van der Waals surface area contributed by atoms with Crippen LogP contribution in [0.2, 0.25) is 0 Å². The second-order valence-corrected chi connectivity index (χ2v) is 4.41. The Bertz CT molecular complexity index is 136. The first-order chi connectivity index (χ1) is 5.77. The van der Waals surface area contributed by atoms with Gasteiger partial charge >= 0.3 is 6.18 Å². The summed E-state index contributed by atoms with van der Waals surface area (Å²) < 4.78 is 36.2. The van der Waals surface area contributed by atoms with E-state index in [-0.39, 0.29) is 0 Å². The highest BCUT2D eigenvalue weighted by Gasteiger charge is 2.35. The van der Waals surface area contributed by atoms with Crippen LogP contribution in [-0.2, 0) is 0 Å². The Kier molecular flexibility index (Phi) is 4.79. The van der Waals surface area contributed by atoms with Crippen LogP contribution in [0.4, 0.5) is 13.2 Å². The Morgan fingerprint density at radius 2 is 1.54 bits per heavy atom. The van der Waals surface area contributed by atoms with E-state index in [4.69, 9.17) is 0 Å². The van der Waals surface area contributed by atoms with Gasteiger partial charge in [-0.15, -0.1) is 0 Å². The third-order valence-corrected chi connectivity index (χ3v) is 2.14. The van der Waals surface area contributed by atoms with E-state index >= 15 is 0 Å². The molecule has 80 valence electrons. The van der Waals surface area contributed by atoms with Crippen molar-refractivity contribution in [3.63, 3.8) is 0 Å². The van der Waals surface area contributed by atoms with Crippen LogP contribution in [-0.4, -0.2) is 6.18 Å². The summed E-state index contributed by atoms with van der Waals surface area (Å²) in [5.41, 5.74) is -0.590. The number of hydrogen-bond acceptors (Lipinski definition) is 0. The summed E-state index contributed by atoms with van der Waals surface area (Å²) in [5, 5.41) is 0. The van der Waals surface area contributed by atoms with E-state index in [1.807, 2.05) is 0 Å². The Labute approximate surface area is 78.5 Å². The van der Waals surface area contributed by atoms with E-state index in [1.165, 1.54) is 0 Å². The van der Waals surface area contributed by atoms with Gasteiger partial charge in [0.2, 0.25) is 0 Å². The topological polar surface area (TPSA) is 0 Å². The molecule has 0 aliphatic carbocycles. The molecule has 0 rings (SSSR count). The van der Waals surface area contributed by atoms with Gasteiger partial charge in [-0.3, -0.25) is 0 Å². The zero-order valence-corrected chi connectivity index (χ0v) is 8.67. The molecule has 13 heavy (non-hydrogen) atoms. The highest BCUT2D eigenvalue weighted by atomic mass is 19.4. The molecule has 0 aliphatic heterocycles. The molecule has 0 nitrogen and oxygen atoms in total. The molecular formula is C10H19F3. The molecular weight excluding hydrogens is 177 g/mol. The van der Waals surface area contributed by atoms with Crippen molar-refractivity contribution in [3.8, 4) is 0 Å². The summed E-state index contributed by atoms with van der Waals surface area (Å²) in [4.78, 5) is 0. The summed E-state index contributed by atoms with van der Waals surface area (Å²) in [7, 11) is 0. The largest absolute Gasteiger partial charge is 0.389 e. The van der Waals surface area contributed by atoms with Gasteiger partial charge in [-0.2, -0.15) is 13.2 Å². The number of alkyl halides is 3. The van der Waals surface area contributed by atoms with Gasteiger partial charge in [0.05, 0.1) is 0 Å². The van der Waals surface area contributed by atoms with Crippen LogP contribution in [0, 0.1) is 5.41 Å². The minimum atomic E-state index is -4.02. The molecule has 0 N–H and O–H groups in total. The third-order valence-electron chi connectivity index (χ3n) is 2.14. The van der Waals surface area contributed by atoms with Gasteiger partial charge in [0, 0.05) is 6.42 Å². The van der Waals surface area contributed by atoms with Crippen LogP contribution in [0.25, 0.3) is 0 Å². The molecule has 0 bridgehead atoms. The molecule has 0 aliphatic rings. The fourth-order valence-corrected chi connectivity index (χ4v) is 1.48. The second kappa shape index (κ2) is 4.87. The summed E-state index contributed by atoms with van der Waals surface area (Å²) in [6, 6.07) is 0. The van der Waals surface area contributed by atoms with Crippen LogP contribution in [0.15, 0.2) is 0 Å². The van der Waals surface area contributed by atoms with Crippen molar-refractivity contribution >= 4 is 0 Å². The third kappa shape index (κ3) is 8.13. The lowest BCUT2D eigenvalue weighted by Crippen LogP contribution is -2.22. The normalized spacial score (nSPS) is 13.4. The van der Waals surface area contributed by atoms with E-state index in [9.17, 15) is 13.2 Å². The average molecular weight is 196 g/mol. The smallest absolute Gasteiger partial charge is 0.171 e. The van der Waals surface area contributed by atoms with Crippen molar-refractivity contribution in [2.24, 2.45) is 5.41 Å². The maximum absolute atomic E-state index is 12.1. The first kappa shape index (κ1) is 12.8. The van der Waals surface area contributed by atoms with E-state index in [0.29, 0.717) is 6.42 Å². The average Bonchev–Trinajstić information content (AvgIpc) is 1.81. The lowest BCUT2D eigenvalue weighted by molar-refractivity contribution is -0.155. The van der Waals surface area contributed by atoms with Gasteiger partial charge in [-0.25, -0.2) is 0 Å². The van der Waals surface area contributed by atoms with Gasteiger partial charge in [0.25, 0.3) is 0 Å². The fourth-order valence-electron chi connectivity index (χ4n) is 1.48. The predicted octanol–water partition coefficient (Wildman–Crippen LogP) is 4.55. The molecule has 0 saturated carbocycles. The molecule has 0 aromatic rings. The highest BCUT2D eigenvalue weighted by molar-refractivity contribution is 4.72. The highest BCUT2D eigenvalue weighted by Crippen LogP contribution is 2.36. The molecule has 0 fully saturated rings. The quantitative estimate of drug-likeness (QED) is 0.566. The minimum Gasteiger partial charge on any atom is -0.171 e. The zero-order chi connectivity index (χ0) is 10.5. The van der Waals surface area contributed by atoms with Crippen molar-refractivity contribution in [2.75, 3.05) is 0 Å². The van der Waals surface area contributed by atoms with Gasteiger partial charge < -0.3 is 0 Å². The van der Waals surface area contributed by atoms with Gasteiger partial charge in [-0.05, 0) is 11.8 Å². The summed E-state index contributed by atoms with van der Waals surface area (Å²) in [5.74, 6) is 0. The predicted molar refractivity (Wildman–Crippen MR) is 48.6 cm³/mol. The molecule has 0 heterocycles. The number of unbranched alkanes of at least 4 members (excludes halogenated alkanes) is 2. The van der Waals surface area contributed by atoms with Gasteiger partial charge in [-0.1, -0.05) is 40.0 Å². The lowest BCUT2D eigenvalue weighted by atomic mass is 9.83. The first-order valence-corrected chi connectivity index (χ1v) is 4.83. The monoisotopic (exact) mass is 196 g/mol. The molecule has 0 atom stereocenters. The van der Waals surface area contributed by atoms with Crippen molar-refractivity contribution in [1.82, 2.24) is 0 Å². The molecule has 0 aromatic carbocycles. The number of hydrogen-bond donors (Lipinski definition) is 0. The Hall–Kier alpha value is -0.210. The first-order valence-electron chi connectivity index (χ1n) is 4.83. The van der Waals surface area contributed by atoms with Crippen molar-refractivity contribution < 1.29 is 13.2 Å². The number of halogens is 3. The second-order valence-electron chi connectivity index (χ2n) is 4.41. The lowest BCUT2D eigenvalue weighted by Gasteiger charge is -2.25. The van der Waals surface area contributed by atoms with Crippen molar-refractivity contribution in [1.29, 1.82) is 0 Å². The zero-order valence-electron chi connectivity index (χ0n) is 8.67. The van der Waals surface area contributed by atoms with E-state index in [2.05, 4.69) is 6.92 Å². The van der Waals surface area contributed by atoms with E-state index in [1.54, 1.807) is 13.8 Å². The Morgan fingerprint density at radius 1 is 1.00 bits per heavy atom. The summed E-state index contributed by atoms with van der Waals surface area (Å²) >= 11 is 0. The van der Waals surface area contributed by atoms with Crippen molar-refractivity contribution in [2.45, 2.75) is 59.1 Å². The van der Waals surface area contributed by atoms with Crippen LogP contribution < -0.4 is 0 Å². The molecule has 0 aromatic heterocycles. The minimum absolute atomic E-state index is 0.590. The standard InChI is InChI=1S/C10H19F3/c1-4-5-6-7-9(2,3)8-10(11,12)13/h4-8H2,1-3H3. The summed E-state index contributed by atoms with van der Waals surface area (Å²) in [6.07, 6.45) is -1.03. The van der Waals surface area contributed by atoms with Crippen molar-refractivity contribution in [3.05, 3.63) is 0 Å². The maximum Gasteiger partial charge on any atom is 0.389 e. The van der Waals surface area contributed by atoms with Crippen LogP contribution >= 0.6 is 0 Å². The fraction of sp³-hybridized carbons (Fsp3) is 1.00. The van der Waals surface area contributed by atoms with Gasteiger partial charge in [0.15, 0.2) is 0 Å². The molecule has 3 heteroatoms. The van der Waals surface area contributed by atoms with Crippen LogP contribution in [0.5, 0.6) is 0 Å². The van der Waals surface area contributed by atoms with Crippen LogP contribution in [0.3, 0.4) is 0 Å². The molecule has 0 radical (unpaired) electrons. The Morgan fingerprint density at radius 3 is 1.92 bits per heavy atom. The Balaban J connectivity index is 3.80. The molecule has 0 amide bonds. The van der Waals surface area contributed by atoms with Gasteiger partial charge in [0.1, 0.15) is 0 Å². The molecule has 0 spiro atoms. The van der Waals surface area contributed by atoms with E-state index in [0.717, 1.165) is 19.3 Å². The van der Waals surface area contributed by atoms with Crippen LogP contribution in [0.1, 0.15) is 52.9 Å². The maximum atomic E-state index is 12.1. The molecule has 0 saturated heterocycles. The molecule has 0 unspecified atom stereocenters. The SMILES string of the molecule is CCCCCC(C)(C)CC(F)(F)F. The number of rotatable bonds is 5. The van der Waals surface area contributed by atoms with E-state index < -0.39 is 18.0 Å².